The number of piperidine rings is 1. The molecule has 0 spiro atoms. The number of nitrogens with zero attached hydrogens (tertiary/aromatic N) is 1. The number of likely N-dealkylation sites (N-methyl/N-ethyl adjacent to an activating group) is 1. The molecule has 2 N–H and O–H groups in total. The van der Waals surface area contributed by atoms with Gasteiger partial charge in [0.05, 0.1) is 6.10 Å². The lowest BCUT2D eigenvalue weighted by Crippen LogP contribution is -2.52. The van der Waals surface area contributed by atoms with E-state index in [0.717, 1.165) is 19.5 Å². The molecule has 1 rings (SSSR count). The van der Waals surface area contributed by atoms with Crippen LogP contribution in [0.25, 0.3) is 0 Å². The van der Waals surface area contributed by atoms with Crippen LogP contribution in [0.4, 0.5) is 0 Å². The fourth-order valence-electron chi connectivity index (χ4n) is 2.19. The smallest absolute Gasteiger partial charge is 0.222 e. The monoisotopic (exact) mass is 228 g/mol. The highest BCUT2D eigenvalue weighted by Crippen LogP contribution is 2.19. The average molecular weight is 228 g/mol. The number of aliphatic hydroxyl groups is 1. The predicted molar refractivity (Wildman–Crippen MR) is 64.1 cm³/mol. The summed E-state index contributed by atoms with van der Waals surface area (Å²) in [4.78, 5) is 13.8. The third-order valence-electron chi connectivity index (χ3n) is 3.22. The Kier molecular flexibility index (Phi) is 4.74. The van der Waals surface area contributed by atoms with Crippen molar-refractivity contribution < 1.29 is 9.90 Å². The van der Waals surface area contributed by atoms with E-state index in [1.165, 1.54) is 0 Å². The third-order valence-corrected chi connectivity index (χ3v) is 3.22. The van der Waals surface area contributed by atoms with Gasteiger partial charge in [-0.25, -0.2) is 0 Å². The summed E-state index contributed by atoms with van der Waals surface area (Å²) in [6, 6.07) is 0.174. The molecular formula is C12H24N2O2. The van der Waals surface area contributed by atoms with E-state index in [9.17, 15) is 9.90 Å². The molecule has 0 aromatic rings. The second-order valence-corrected chi connectivity index (χ2v) is 5.32. The third kappa shape index (κ3) is 3.76. The van der Waals surface area contributed by atoms with Crippen molar-refractivity contribution in [1.29, 1.82) is 0 Å². The van der Waals surface area contributed by atoms with Crippen molar-refractivity contribution in [2.75, 3.05) is 20.1 Å². The molecule has 1 fully saturated rings. The van der Waals surface area contributed by atoms with Gasteiger partial charge in [0, 0.05) is 25.0 Å². The highest BCUT2D eigenvalue weighted by atomic mass is 16.3. The normalized spacial score (nSPS) is 29.1. The van der Waals surface area contributed by atoms with Crippen molar-refractivity contribution in [3.63, 3.8) is 0 Å². The summed E-state index contributed by atoms with van der Waals surface area (Å²) in [5, 5.41) is 12.7. The first kappa shape index (κ1) is 13.5. The van der Waals surface area contributed by atoms with Gasteiger partial charge in [0.15, 0.2) is 0 Å². The predicted octanol–water partition coefficient (Wildman–Crippen LogP) is 0.460. The number of rotatable bonds is 3. The number of carbonyl (C=O) groups excluding carboxylic acids is 1. The molecule has 94 valence electrons. The zero-order valence-electron chi connectivity index (χ0n) is 10.7. The fraction of sp³-hybridized carbons (Fsp3) is 0.917. The van der Waals surface area contributed by atoms with Gasteiger partial charge in [-0.15, -0.1) is 0 Å². The van der Waals surface area contributed by atoms with E-state index in [2.05, 4.69) is 10.2 Å². The van der Waals surface area contributed by atoms with Gasteiger partial charge >= 0.3 is 0 Å². The minimum absolute atomic E-state index is 0.0252. The summed E-state index contributed by atoms with van der Waals surface area (Å²) < 4.78 is 0. The minimum atomic E-state index is -0.304. The van der Waals surface area contributed by atoms with Gasteiger partial charge in [-0.1, -0.05) is 13.8 Å². The summed E-state index contributed by atoms with van der Waals surface area (Å²) in [6.07, 6.45) is 0.571. The molecule has 4 heteroatoms. The molecule has 1 saturated heterocycles. The lowest BCUT2D eigenvalue weighted by Gasteiger charge is -2.37. The maximum atomic E-state index is 11.6. The number of amides is 1. The molecular weight excluding hydrogens is 204 g/mol. The van der Waals surface area contributed by atoms with Crippen LogP contribution < -0.4 is 5.32 Å². The van der Waals surface area contributed by atoms with Gasteiger partial charge in [-0.05, 0) is 26.3 Å². The van der Waals surface area contributed by atoms with E-state index in [0.29, 0.717) is 0 Å². The van der Waals surface area contributed by atoms with Crippen LogP contribution in [0.1, 0.15) is 27.2 Å². The number of likely N-dealkylation sites (tertiary alicyclic amines) is 1. The molecule has 0 bridgehead atoms. The Hall–Kier alpha value is -0.610. The van der Waals surface area contributed by atoms with E-state index in [1.54, 1.807) is 0 Å². The minimum Gasteiger partial charge on any atom is -0.393 e. The number of carbonyl (C=O) groups is 1. The molecule has 0 aliphatic carbocycles. The van der Waals surface area contributed by atoms with Crippen molar-refractivity contribution in [3.8, 4) is 0 Å². The Labute approximate surface area is 98.0 Å². The summed E-state index contributed by atoms with van der Waals surface area (Å²) in [5.74, 6) is 0.387. The summed E-state index contributed by atoms with van der Waals surface area (Å²) in [6.45, 7) is 7.40. The molecule has 16 heavy (non-hydrogen) atoms. The second-order valence-electron chi connectivity index (χ2n) is 5.32. The van der Waals surface area contributed by atoms with Gasteiger partial charge in [-0.2, -0.15) is 0 Å². The topological polar surface area (TPSA) is 52.6 Å². The maximum Gasteiger partial charge on any atom is 0.222 e. The molecule has 3 atom stereocenters. The van der Waals surface area contributed by atoms with Gasteiger partial charge in [0.1, 0.15) is 0 Å². The molecule has 4 nitrogen and oxygen atoms in total. The van der Waals surface area contributed by atoms with E-state index < -0.39 is 0 Å². The SMILES string of the molecule is CC(C)C(=O)NC1CC(C(C)O)CN(C)C1. The Bertz CT molecular complexity index is 241. The van der Waals surface area contributed by atoms with Crippen LogP contribution in [0.15, 0.2) is 0 Å². The van der Waals surface area contributed by atoms with Crippen LogP contribution in [0, 0.1) is 11.8 Å². The van der Waals surface area contributed by atoms with E-state index >= 15 is 0 Å². The van der Waals surface area contributed by atoms with Crippen LogP contribution in [0.2, 0.25) is 0 Å². The molecule has 3 unspecified atom stereocenters. The maximum absolute atomic E-state index is 11.6. The zero-order valence-corrected chi connectivity index (χ0v) is 10.7. The van der Waals surface area contributed by atoms with Crippen molar-refractivity contribution >= 4 is 5.91 Å². The Morgan fingerprint density at radius 2 is 2.00 bits per heavy atom. The Balaban J connectivity index is 2.51. The number of aliphatic hydroxyl groups excluding tert-OH is 1. The van der Waals surface area contributed by atoms with Crippen molar-refractivity contribution in [2.45, 2.75) is 39.3 Å². The number of hydrogen-bond donors (Lipinski definition) is 2. The fourth-order valence-corrected chi connectivity index (χ4v) is 2.19. The van der Waals surface area contributed by atoms with Crippen LogP contribution in [0.3, 0.4) is 0 Å². The molecule has 0 saturated carbocycles. The molecule has 0 aromatic carbocycles. The van der Waals surface area contributed by atoms with Crippen LogP contribution >= 0.6 is 0 Å². The first-order valence-electron chi connectivity index (χ1n) is 6.07. The Morgan fingerprint density at radius 3 is 2.50 bits per heavy atom. The molecule has 0 aromatic heterocycles. The second kappa shape index (κ2) is 5.64. The first-order valence-corrected chi connectivity index (χ1v) is 6.07. The van der Waals surface area contributed by atoms with E-state index in [1.807, 2.05) is 27.8 Å². The summed E-state index contributed by atoms with van der Waals surface area (Å²) >= 11 is 0. The van der Waals surface area contributed by atoms with Crippen molar-refractivity contribution in [2.24, 2.45) is 11.8 Å². The van der Waals surface area contributed by atoms with E-state index in [-0.39, 0.29) is 29.9 Å². The molecule has 1 aliphatic heterocycles. The van der Waals surface area contributed by atoms with Gasteiger partial charge < -0.3 is 15.3 Å². The molecule has 1 heterocycles. The van der Waals surface area contributed by atoms with Gasteiger partial charge in [0.25, 0.3) is 0 Å². The van der Waals surface area contributed by atoms with Gasteiger partial charge in [-0.3, -0.25) is 4.79 Å². The Morgan fingerprint density at radius 1 is 1.38 bits per heavy atom. The highest BCUT2D eigenvalue weighted by Gasteiger charge is 2.29. The van der Waals surface area contributed by atoms with Crippen molar-refractivity contribution in [3.05, 3.63) is 0 Å². The molecule has 1 amide bonds. The van der Waals surface area contributed by atoms with Gasteiger partial charge in [0.2, 0.25) is 5.91 Å². The van der Waals surface area contributed by atoms with Crippen molar-refractivity contribution in [1.82, 2.24) is 10.2 Å². The zero-order chi connectivity index (χ0) is 12.3. The van der Waals surface area contributed by atoms with E-state index in [4.69, 9.17) is 0 Å². The molecule has 0 radical (unpaired) electrons. The lowest BCUT2D eigenvalue weighted by molar-refractivity contribution is -0.125. The average Bonchev–Trinajstić information content (AvgIpc) is 2.16. The van der Waals surface area contributed by atoms with Crippen LogP contribution in [-0.2, 0) is 4.79 Å². The largest absolute Gasteiger partial charge is 0.393 e. The highest BCUT2D eigenvalue weighted by molar-refractivity contribution is 5.78. The van der Waals surface area contributed by atoms with Crippen LogP contribution in [0.5, 0.6) is 0 Å². The standard InChI is InChI=1S/C12H24N2O2/c1-8(2)12(16)13-11-5-10(9(3)15)6-14(4)7-11/h8-11,15H,5-7H2,1-4H3,(H,13,16). The quantitative estimate of drug-likeness (QED) is 0.738. The molecule has 1 aliphatic rings. The number of nitrogens with one attached hydrogen (secondary N) is 1. The lowest BCUT2D eigenvalue weighted by atomic mass is 9.90. The summed E-state index contributed by atoms with van der Waals surface area (Å²) in [5.41, 5.74) is 0. The first-order chi connectivity index (χ1) is 7.40. The summed E-state index contributed by atoms with van der Waals surface area (Å²) in [7, 11) is 2.03. The van der Waals surface area contributed by atoms with Crippen LogP contribution in [-0.4, -0.2) is 48.2 Å². The number of hydrogen-bond acceptors (Lipinski definition) is 3.